The molecule has 0 unspecified atom stereocenters. The molecule has 3 rings (SSSR count). The first-order chi connectivity index (χ1) is 11.1. The number of carbonyl (C=O) groups excluding carboxylic acids is 1. The normalized spacial score (nSPS) is 16.4. The van der Waals surface area contributed by atoms with Gasteiger partial charge in [-0.1, -0.05) is 0 Å². The third kappa shape index (κ3) is 3.79. The highest BCUT2D eigenvalue weighted by molar-refractivity contribution is 5.94. The van der Waals surface area contributed by atoms with Crippen molar-refractivity contribution in [2.24, 2.45) is 0 Å². The molecule has 1 atom stereocenters. The van der Waals surface area contributed by atoms with E-state index in [1.165, 1.54) is 37.1 Å². The molecule has 2 heterocycles. The van der Waals surface area contributed by atoms with Gasteiger partial charge < -0.3 is 9.73 Å². The molecule has 1 fully saturated rings. The van der Waals surface area contributed by atoms with Crippen LogP contribution >= 0.6 is 0 Å². The summed E-state index contributed by atoms with van der Waals surface area (Å²) in [5, 5.41) is 2.94. The van der Waals surface area contributed by atoms with E-state index in [1.807, 2.05) is 19.1 Å². The molecule has 122 valence electrons. The fraction of sp³-hybridized carbons (Fsp3) is 0.389. The van der Waals surface area contributed by atoms with Gasteiger partial charge in [-0.05, 0) is 69.3 Å². The predicted octanol–water partition coefficient (Wildman–Crippen LogP) is 3.29. The van der Waals surface area contributed by atoms with Crippen LogP contribution in [-0.4, -0.2) is 30.4 Å². The number of rotatable bonds is 5. The van der Waals surface area contributed by atoms with Crippen LogP contribution in [0.1, 0.15) is 40.8 Å². The molecule has 1 aromatic heterocycles. The van der Waals surface area contributed by atoms with Gasteiger partial charge in [-0.15, -0.1) is 0 Å². The Balaban J connectivity index is 1.68. The van der Waals surface area contributed by atoms with Crippen molar-refractivity contribution in [2.75, 3.05) is 19.6 Å². The lowest BCUT2D eigenvalue weighted by Crippen LogP contribution is -2.36. The Kier molecular flexibility index (Phi) is 4.76. The first-order valence-corrected chi connectivity index (χ1v) is 7.97. The van der Waals surface area contributed by atoms with E-state index in [0.717, 1.165) is 24.6 Å². The summed E-state index contributed by atoms with van der Waals surface area (Å²) in [5.41, 5.74) is 0.460. The van der Waals surface area contributed by atoms with Crippen molar-refractivity contribution in [1.29, 1.82) is 0 Å². The molecule has 4 nitrogen and oxygen atoms in total. The van der Waals surface area contributed by atoms with E-state index in [9.17, 15) is 9.18 Å². The highest BCUT2D eigenvalue weighted by atomic mass is 19.1. The molecule has 1 aliphatic rings. The van der Waals surface area contributed by atoms with Gasteiger partial charge in [-0.3, -0.25) is 9.69 Å². The number of furan rings is 1. The Morgan fingerprint density at radius 3 is 2.52 bits per heavy atom. The molecule has 0 bridgehead atoms. The molecular weight excluding hydrogens is 295 g/mol. The van der Waals surface area contributed by atoms with E-state index in [-0.39, 0.29) is 17.8 Å². The molecule has 0 aliphatic carbocycles. The molecule has 1 aliphatic heterocycles. The highest BCUT2D eigenvalue weighted by Gasteiger charge is 2.26. The van der Waals surface area contributed by atoms with Gasteiger partial charge in [0.25, 0.3) is 5.91 Å². The smallest absolute Gasteiger partial charge is 0.251 e. The molecule has 1 saturated heterocycles. The highest BCUT2D eigenvalue weighted by Crippen LogP contribution is 2.26. The van der Waals surface area contributed by atoms with E-state index in [2.05, 4.69) is 10.2 Å². The molecule has 1 N–H and O–H groups in total. The largest absolute Gasteiger partial charge is 0.465 e. The topological polar surface area (TPSA) is 45.5 Å². The zero-order valence-corrected chi connectivity index (χ0v) is 13.2. The van der Waals surface area contributed by atoms with Gasteiger partial charge in [-0.2, -0.15) is 0 Å². The van der Waals surface area contributed by atoms with Gasteiger partial charge in [0, 0.05) is 12.1 Å². The van der Waals surface area contributed by atoms with E-state index >= 15 is 0 Å². The Hall–Kier alpha value is -2.14. The number of hydrogen-bond donors (Lipinski definition) is 1. The van der Waals surface area contributed by atoms with Crippen molar-refractivity contribution < 1.29 is 13.6 Å². The maximum Gasteiger partial charge on any atom is 0.251 e. The Labute approximate surface area is 135 Å². The number of halogens is 1. The molecule has 0 radical (unpaired) electrons. The average Bonchev–Trinajstić information content (AvgIpc) is 3.20. The molecule has 1 amide bonds. The van der Waals surface area contributed by atoms with Crippen LogP contribution in [0.15, 0.2) is 40.8 Å². The summed E-state index contributed by atoms with van der Waals surface area (Å²) in [5.74, 6) is 1.21. The van der Waals surface area contributed by atoms with Crippen LogP contribution in [0, 0.1) is 12.7 Å². The fourth-order valence-corrected chi connectivity index (χ4v) is 2.99. The standard InChI is InChI=1S/C18H21FN2O2/c1-13-4-9-17(23-13)16(21-10-2-3-11-21)12-20-18(22)14-5-7-15(19)8-6-14/h4-9,16H,2-3,10-12H2,1H3,(H,20,22)/t16-/m1/s1. The SMILES string of the molecule is Cc1ccc([C@@H](CNC(=O)c2ccc(F)cc2)N2CCCC2)o1. The monoisotopic (exact) mass is 316 g/mol. The minimum absolute atomic E-state index is 0.0376. The van der Waals surface area contributed by atoms with Crippen molar-refractivity contribution in [1.82, 2.24) is 10.2 Å². The number of amides is 1. The number of nitrogens with one attached hydrogen (secondary N) is 1. The molecular formula is C18H21FN2O2. The van der Waals surface area contributed by atoms with Crippen LogP contribution < -0.4 is 5.32 Å². The maximum atomic E-state index is 12.9. The predicted molar refractivity (Wildman–Crippen MR) is 85.7 cm³/mol. The third-order valence-electron chi connectivity index (χ3n) is 4.23. The first-order valence-electron chi connectivity index (χ1n) is 7.97. The first kappa shape index (κ1) is 15.7. The van der Waals surface area contributed by atoms with Gasteiger partial charge >= 0.3 is 0 Å². The van der Waals surface area contributed by atoms with Crippen LogP contribution in [0.4, 0.5) is 4.39 Å². The molecule has 2 aromatic rings. The van der Waals surface area contributed by atoms with Crippen LogP contribution in [0.5, 0.6) is 0 Å². The maximum absolute atomic E-state index is 12.9. The third-order valence-corrected chi connectivity index (χ3v) is 4.23. The summed E-state index contributed by atoms with van der Waals surface area (Å²) in [4.78, 5) is 14.6. The number of carbonyl (C=O) groups is 1. The van der Waals surface area contributed by atoms with Crippen LogP contribution in [0.25, 0.3) is 0 Å². The second-order valence-electron chi connectivity index (χ2n) is 5.92. The number of aryl methyl sites for hydroxylation is 1. The Morgan fingerprint density at radius 1 is 1.22 bits per heavy atom. The minimum Gasteiger partial charge on any atom is -0.465 e. The fourth-order valence-electron chi connectivity index (χ4n) is 2.99. The lowest BCUT2D eigenvalue weighted by Gasteiger charge is -2.26. The molecule has 0 saturated carbocycles. The second-order valence-corrected chi connectivity index (χ2v) is 5.92. The Morgan fingerprint density at radius 2 is 1.91 bits per heavy atom. The van der Waals surface area contributed by atoms with Crippen LogP contribution in [0.2, 0.25) is 0 Å². The summed E-state index contributed by atoms with van der Waals surface area (Å²) in [6.07, 6.45) is 2.34. The van der Waals surface area contributed by atoms with E-state index in [1.54, 1.807) is 0 Å². The van der Waals surface area contributed by atoms with Gasteiger partial charge in [0.1, 0.15) is 17.3 Å². The van der Waals surface area contributed by atoms with Gasteiger partial charge in [0.05, 0.1) is 6.04 Å². The van der Waals surface area contributed by atoms with Crippen LogP contribution in [0.3, 0.4) is 0 Å². The van der Waals surface area contributed by atoms with Gasteiger partial charge in [0.15, 0.2) is 0 Å². The number of hydrogen-bond acceptors (Lipinski definition) is 3. The molecule has 0 spiro atoms. The van der Waals surface area contributed by atoms with Crippen molar-refractivity contribution in [3.8, 4) is 0 Å². The zero-order chi connectivity index (χ0) is 16.2. The summed E-state index contributed by atoms with van der Waals surface area (Å²) in [6.45, 7) is 4.42. The molecule has 1 aromatic carbocycles. The second kappa shape index (κ2) is 6.96. The summed E-state index contributed by atoms with van der Waals surface area (Å²) in [7, 11) is 0. The zero-order valence-electron chi connectivity index (χ0n) is 13.2. The van der Waals surface area contributed by atoms with Crippen molar-refractivity contribution >= 4 is 5.91 Å². The van der Waals surface area contributed by atoms with Gasteiger partial charge in [-0.25, -0.2) is 4.39 Å². The number of benzene rings is 1. The summed E-state index contributed by atoms with van der Waals surface area (Å²) < 4.78 is 18.7. The van der Waals surface area contributed by atoms with Crippen molar-refractivity contribution in [3.63, 3.8) is 0 Å². The summed E-state index contributed by atoms with van der Waals surface area (Å²) in [6, 6.07) is 9.53. The summed E-state index contributed by atoms with van der Waals surface area (Å²) >= 11 is 0. The Bertz CT molecular complexity index is 660. The quantitative estimate of drug-likeness (QED) is 0.920. The van der Waals surface area contributed by atoms with E-state index < -0.39 is 0 Å². The average molecular weight is 316 g/mol. The number of likely N-dealkylation sites (tertiary alicyclic amines) is 1. The molecule has 5 heteroatoms. The van der Waals surface area contributed by atoms with Crippen LogP contribution in [-0.2, 0) is 0 Å². The lowest BCUT2D eigenvalue weighted by atomic mass is 10.1. The van der Waals surface area contributed by atoms with Crippen molar-refractivity contribution in [2.45, 2.75) is 25.8 Å². The number of nitrogens with zero attached hydrogens (tertiary/aromatic N) is 1. The van der Waals surface area contributed by atoms with Crippen molar-refractivity contribution in [3.05, 3.63) is 59.3 Å². The minimum atomic E-state index is -0.345. The van der Waals surface area contributed by atoms with Gasteiger partial charge in [0.2, 0.25) is 0 Å². The van der Waals surface area contributed by atoms with E-state index in [4.69, 9.17) is 4.42 Å². The lowest BCUT2D eigenvalue weighted by molar-refractivity contribution is 0.0933. The van der Waals surface area contributed by atoms with E-state index in [0.29, 0.717) is 12.1 Å². The molecule has 23 heavy (non-hydrogen) atoms.